The van der Waals surface area contributed by atoms with E-state index in [0.717, 1.165) is 53.9 Å². The van der Waals surface area contributed by atoms with Crippen LogP contribution in [0, 0.1) is 20.8 Å². The number of thiocarbonyl (C=S) groups is 1. The SMILES string of the molecule is Cc1cccnc1-n1c(C)cc([C@H]2[C@@H](c3ccccn3)NC(=S)N2C[C@@H]2CCCO2)c1C. The van der Waals surface area contributed by atoms with E-state index in [-0.39, 0.29) is 18.2 Å². The van der Waals surface area contributed by atoms with Gasteiger partial charge >= 0.3 is 0 Å². The molecular formula is C25H29N5OS. The standard InChI is InChI=1S/C25H29N5OS/c1-16-8-6-12-27-24(16)30-17(2)14-20(18(30)3)23-22(21-10-4-5-11-26-21)28-25(32)29(23)15-19-9-7-13-31-19/h4-6,8,10-12,14,19,22-23H,7,9,13,15H2,1-3H3,(H,28,32)/t19-,22+,23-/m0/s1. The van der Waals surface area contributed by atoms with Crippen LogP contribution >= 0.6 is 12.2 Å². The third-order valence-electron chi connectivity index (χ3n) is 6.60. The van der Waals surface area contributed by atoms with Gasteiger partial charge in [0.25, 0.3) is 0 Å². The Morgan fingerprint density at radius 2 is 1.97 bits per heavy atom. The zero-order valence-electron chi connectivity index (χ0n) is 18.8. The number of aromatic nitrogens is 3. The van der Waals surface area contributed by atoms with Crippen molar-refractivity contribution in [2.24, 2.45) is 0 Å². The fourth-order valence-electron chi connectivity index (χ4n) is 5.07. The highest BCUT2D eigenvalue weighted by Gasteiger charge is 2.42. The van der Waals surface area contributed by atoms with Gasteiger partial charge in [-0.1, -0.05) is 12.1 Å². The minimum Gasteiger partial charge on any atom is -0.376 e. The van der Waals surface area contributed by atoms with E-state index in [9.17, 15) is 0 Å². The summed E-state index contributed by atoms with van der Waals surface area (Å²) >= 11 is 5.84. The molecule has 5 rings (SSSR count). The molecule has 2 fully saturated rings. The molecule has 3 atom stereocenters. The van der Waals surface area contributed by atoms with Crippen molar-refractivity contribution in [3.8, 4) is 5.82 Å². The Morgan fingerprint density at radius 3 is 2.69 bits per heavy atom. The summed E-state index contributed by atoms with van der Waals surface area (Å²) in [5, 5.41) is 4.33. The Kier molecular flexibility index (Phi) is 5.69. The van der Waals surface area contributed by atoms with Gasteiger partial charge in [0.1, 0.15) is 5.82 Å². The average Bonchev–Trinajstić information content (AvgIpc) is 3.49. The molecule has 2 aliphatic rings. The van der Waals surface area contributed by atoms with Gasteiger partial charge in [-0.25, -0.2) is 4.98 Å². The van der Waals surface area contributed by atoms with Gasteiger partial charge in [0.05, 0.1) is 23.9 Å². The summed E-state index contributed by atoms with van der Waals surface area (Å²) < 4.78 is 8.23. The molecule has 2 saturated heterocycles. The largest absolute Gasteiger partial charge is 0.376 e. The second kappa shape index (κ2) is 8.64. The zero-order valence-corrected chi connectivity index (χ0v) is 19.6. The van der Waals surface area contributed by atoms with Crippen LogP contribution in [0.25, 0.3) is 5.82 Å². The van der Waals surface area contributed by atoms with Gasteiger partial charge in [-0.05, 0) is 81.2 Å². The van der Waals surface area contributed by atoms with Gasteiger partial charge in [0.15, 0.2) is 5.11 Å². The molecule has 0 unspecified atom stereocenters. The van der Waals surface area contributed by atoms with Crippen molar-refractivity contribution < 1.29 is 4.74 Å². The highest BCUT2D eigenvalue weighted by atomic mass is 32.1. The Bertz CT molecular complexity index is 1120. The molecule has 0 radical (unpaired) electrons. The fourth-order valence-corrected chi connectivity index (χ4v) is 5.39. The van der Waals surface area contributed by atoms with Crippen LogP contribution in [-0.2, 0) is 4.74 Å². The molecule has 0 bridgehead atoms. The van der Waals surface area contributed by atoms with Gasteiger partial charge in [-0.2, -0.15) is 0 Å². The first kappa shape index (κ1) is 21.1. The van der Waals surface area contributed by atoms with E-state index in [1.807, 2.05) is 30.6 Å². The van der Waals surface area contributed by atoms with E-state index in [1.165, 1.54) is 11.3 Å². The van der Waals surface area contributed by atoms with E-state index in [4.69, 9.17) is 17.0 Å². The molecule has 5 heterocycles. The summed E-state index contributed by atoms with van der Waals surface area (Å²) in [5.74, 6) is 0.974. The van der Waals surface area contributed by atoms with Gasteiger partial charge in [-0.3, -0.25) is 4.98 Å². The molecule has 3 aromatic heterocycles. The Labute approximate surface area is 194 Å². The number of ether oxygens (including phenoxy) is 1. The lowest BCUT2D eigenvalue weighted by atomic mass is 9.96. The molecule has 7 heteroatoms. The van der Waals surface area contributed by atoms with E-state index in [0.29, 0.717) is 0 Å². The number of rotatable bonds is 5. The third kappa shape index (κ3) is 3.69. The van der Waals surface area contributed by atoms with E-state index < -0.39 is 0 Å². The van der Waals surface area contributed by atoms with Crippen LogP contribution in [0.2, 0.25) is 0 Å². The zero-order chi connectivity index (χ0) is 22.2. The molecule has 0 aromatic carbocycles. The smallest absolute Gasteiger partial charge is 0.170 e. The summed E-state index contributed by atoms with van der Waals surface area (Å²) in [5.41, 5.74) is 5.73. The minimum atomic E-state index is -0.0242. The fraction of sp³-hybridized carbons (Fsp3) is 0.400. The number of hydrogen-bond donors (Lipinski definition) is 1. The van der Waals surface area contributed by atoms with Gasteiger partial charge in [0, 0.05) is 36.9 Å². The second-order valence-electron chi connectivity index (χ2n) is 8.72. The van der Waals surface area contributed by atoms with Crippen LogP contribution in [-0.4, -0.2) is 43.8 Å². The quantitative estimate of drug-likeness (QED) is 0.587. The monoisotopic (exact) mass is 447 g/mol. The molecule has 6 nitrogen and oxygen atoms in total. The second-order valence-corrected chi connectivity index (χ2v) is 9.11. The molecule has 0 saturated carbocycles. The summed E-state index contributed by atoms with van der Waals surface area (Å²) in [6, 6.07) is 12.4. The maximum atomic E-state index is 5.97. The first-order chi connectivity index (χ1) is 15.5. The number of nitrogens with zero attached hydrogens (tertiary/aromatic N) is 4. The molecule has 0 spiro atoms. The summed E-state index contributed by atoms with van der Waals surface area (Å²) in [6.07, 6.45) is 6.10. The van der Waals surface area contributed by atoms with Gasteiger partial charge in [0.2, 0.25) is 0 Å². The van der Waals surface area contributed by atoms with Crippen LogP contribution in [0.15, 0.2) is 48.8 Å². The summed E-state index contributed by atoms with van der Waals surface area (Å²) in [6.45, 7) is 8.04. The highest BCUT2D eigenvalue weighted by Crippen LogP contribution is 2.42. The average molecular weight is 448 g/mol. The van der Waals surface area contributed by atoms with Gasteiger partial charge < -0.3 is 19.5 Å². The minimum absolute atomic E-state index is 0.0242. The molecule has 1 N–H and O–H groups in total. The lowest BCUT2D eigenvalue weighted by Gasteiger charge is -2.30. The third-order valence-corrected chi connectivity index (χ3v) is 6.96. The van der Waals surface area contributed by atoms with E-state index >= 15 is 0 Å². The maximum absolute atomic E-state index is 5.97. The number of hydrogen-bond acceptors (Lipinski definition) is 4. The number of nitrogens with one attached hydrogen (secondary N) is 1. The predicted octanol–water partition coefficient (Wildman–Crippen LogP) is 4.34. The van der Waals surface area contributed by atoms with Crippen molar-refractivity contribution >= 4 is 17.3 Å². The van der Waals surface area contributed by atoms with Crippen molar-refractivity contribution in [3.63, 3.8) is 0 Å². The Hall–Kier alpha value is -2.77. The lowest BCUT2D eigenvalue weighted by molar-refractivity contribution is 0.0842. The summed E-state index contributed by atoms with van der Waals surface area (Å²) in [7, 11) is 0. The van der Waals surface area contributed by atoms with Crippen molar-refractivity contribution in [1.82, 2.24) is 24.8 Å². The highest BCUT2D eigenvalue weighted by molar-refractivity contribution is 7.80. The topological polar surface area (TPSA) is 55.2 Å². The first-order valence-electron chi connectivity index (χ1n) is 11.2. The maximum Gasteiger partial charge on any atom is 0.170 e. The molecular weight excluding hydrogens is 418 g/mol. The van der Waals surface area contributed by atoms with Crippen LogP contribution in [0.4, 0.5) is 0 Å². The first-order valence-corrected chi connectivity index (χ1v) is 11.7. The molecule has 2 aliphatic heterocycles. The van der Waals surface area contributed by atoms with Gasteiger partial charge in [-0.15, -0.1) is 0 Å². The van der Waals surface area contributed by atoms with Crippen LogP contribution in [0.3, 0.4) is 0 Å². The molecule has 3 aromatic rings. The van der Waals surface area contributed by atoms with Crippen LogP contribution in [0.5, 0.6) is 0 Å². The van der Waals surface area contributed by atoms with Crippen LogP contribution in [0.1, 0.15) is 53.1 Å². The molecule has 166 valence electrons. The van der Waals surface area contributed by atoms with Crippen molar-refractivity contribution in [2.75, 3.05) is 13.2 Å². The Balaban J connectivity index is 1.60. The van der Waals surface area contributed by atoms with Crippen LogP contribution < -0.4 is 5.32 Å². The van der Waals surface area contributed by atoms with Crippen molar-refractivity contribution in [3.05, 3.63) is 77.0 Å². The summed E-state index contributed by atoms with van der Waals surface area (Å²) in [4.78, 5) is 11.7. The predicted molar refractivity (Wildman–Crippen MR) is 129 cm³/mol. The van der Waals surface area contributed by atoms with E-state index in [1.54, 1.807) is 0 Å². The normalized spacial score (nSPS) is 23.0. The molecule has 0 amide bonds. The Morgan fingerprint density at radius 1 is 1.12 bits per heavy atom. The number of aryl methyl sites for hydroxylation is 2. The molecule has 32 heavy (non-hydrogen) atoms. The number of pyridine rings is 2. The van der Waals surface area contributed by atoms with Crippen molar-refractivity contribution in [1.29, 1.82) is 0 Å². The lowest BCUT2D eigenvalue weighted by Crippen LogP contribution is -2.36. The van der Waals surface area contributed by atoms with E-state index in [2.05, 4.69) is 63.7 Å². The molecule has 0 aliphatic carbocycles. The van der Waals surface area contributed by atoms with Crippen molar-refractivity contribution in [2.45, 2.75) is 51.8 Å².